The molecule has 2 aliphatic heterocycles. The Labute approximate surface area is 268 Å². The largest absolute Gasteiger partial charge is 0.354 e. The average Bonchev–Trinajstić information content (AvgIpc) is 3.71. The second-order valence-corrected chi connectivity index (χ2v) is 13.7. The number of benzene rings is 4. The standard InChI is InChI=1S/C36H24N4P2S2/c41-17-1-5-21-25(9-17)33-14-31-23-7-3-19(43)11-27(23)35(39-31)15-32-24-8-4-20(44)12-28(24)36(40-32)16-34-26-10-18(42)2-6-22(26)30(38-34)13-29(21)37-33/h1-16,38-39,43-44H,41-42H2. The van der Waals surface area contributed by atoms with E-state index >= 15 is 0 Å². The van der Waals surface area contributed by atoms with Gasteiger partial charge < -0.3 is 9.97 Å². The molecule has 2 atom stereocenters. The molecule has 9 rings (SSSR count). The van der Waals surface area contributed by atoms with Crippen molar-refractivity contribution in [3.63, 3.8) is 0 Å². The average molecular weight is 639 g/mol. The molecule has 0 fully saturated rings. The molecule has 2 N–H and O–H groups in total. The maximum absolute atomic E-state index is 5.22. The zero-order valence-electron chi connectivity index (χ0n) is 23.2. The van der Waals surface area contributed by atoms with Gasteiger partial charge >= 0.3 is 0 Å². The second kappa shape index (κ2) is 9.79. The lowest BCUT2D eigenvalue weighted by Gasteiger charge is -2.00. The van der Waals surface area contributed by atoms with Crippen molar-refractivity contribution in [3.8, 4) is 45.0 Å². The van der Waals surface area contributed by atoms with Gasteiger partial charge in [-0.1, -0.05) is 36.4 Å². The lowest BCUT2D eigenvalue weighted by atomic mass is 10.0. The first-order chi connectivity index (χ1) is 21.4. The van der Waals surface area contributed by atoms with Crippen molar-refractivity contribution in [2.24, 2.45) is 0 Å². The van der Waals surface area contributed by atoms with E-state index in [9.17, 15) is 0 Å². The number of rotatable bonds is 0. The van der Waals surface area contributed by atoms with E-state index in [1.54, 1.807) is 0 Å². The van der Waals surface area contributed by atoms with Crippen LogP contribution in [-0.4, -0.2) is 19.9 Å². The van der Waals surface area contributed by atoms with Gasteiger partial charge in [-0.05, 0) is 71.3 Å². The first kappa shape index (κ1) is 26.5. The van der Waals surface area contributed by atoms with Crippen LogP contribution in [0.15, 0.2) is 107 Å². The van der Waals surface area contributed by atoms with Crippen LogP contribution < -0.4 is 10.6 Å². The Balaban J connectivity index is 1.51. The molecule has 8 bridgehead atoms. The van der Waals surface area contributed by atoms with E-state index in [4.69, 9.17) is 9.97 Å². The van der Waals surface area contributed by atoms with Gasteiger partial charge in [0, 0.05) is 75.7 Å². The van der Waals surface area contributed by atoms with Crippen LogP contribution in [0.2, 0.25) is 0 Å². The Kier molecular flexibility index (Phi) is 5.89. The minimum atomic E-state index is 0.891. The molecule has 4 aromatic carbocycles. The van der Waals surface area contributed by atoms with Crippen LogP contribution in [0, 0.1) is 0 Å². The van der Waals surface area contributed by atoms with E-state index in [1.165, 1.54) is 0 Å². The molecule has 2 unspecified atom stereocenters. The van der Waals surface area contributed by atoms with Gasteiger partial charge in [-0.25, -0.2) is 9.97 Å². The highest BCUT2D eigenvalue weighted by Crippen LogP contribution is 2.41. The minimum Gasteiger partial charge on any atom is -0.354 e. The second-order valence-electron chi connectivity index (χ2n) is 11.3. The summed E-state index contributed by atoms with van der Waals surface area (Å²) < 4.78 is 0. The molecule has 0 radical (unpaired) electrons. The van der Waals surface area contributed by atoms with Crippen LogP contribution in [0.4, 0.5) is 0 Å². The Hall–Kier alpha value is -3.92. The molecular weight excluding hydrogens is 615 g/mol. The summed E-state index contributed by atoms with van der Waals surface area (Å²) in [6.07, 6.45) is 0. The fourth-order valence-corrected chi connectivity index (χ4v) is 7.41. The normalized spacial score (nSPS) is 12.1. The van der Waals surface area contributed by atoms with E-state index in [0.29, 0.717) is 0 Å². The fourth-order valence-electron chi connectivity index (χ4n) is 6.48. The molecule has 0 amide bonds. The lowest BCUT2D eigenvalue weighted by Crippen LogP contribution is -1.90. The third-order valence-corrected chi connectivity index (χ3v) is 9.78. The van der Waals surface area contributed by atoms with Crippen LogP contribution in [0.1, 0.15) is 0 Å². The molecule has 8 heteroatoms. The van der Waals surface area contributed by atoms with Crippen molar-refractivity contribution in [1.82, 2.24) is 19.9 Å². The summed E-state index contributed by atoms with van der Waals surface area (Å²) in [5, 5.41) is 6.70. The Morgan fingerprint density at radius 1 is 0.409 bits per heavy atom. The number of thiol groups is 2. The van der Waals surface area contributed by atoms with Crippen LogP contribution in [-0.2, 0) is 0 Å². The van der Waals surface area contributed by atoms with Crippen molar-refractivity contribution in [2.75, 3.05) is 0 Å². The first-order valence-electron chi connectivity index (χ1n) is 14.2. The molecule has 3 aromatic heterocycles. The summed E-state index contributed by atoms with van der Waals surface area (Å²) in [6, 6.07) is 34.1. The van der Waals surface area contributed by atoms with Gasteiger partial charge in [0.15, 0.2) is 0 Å². The zero-order valence-corrected chi connectivity index (χ0v) is 27.3. The predicted octanol–water partition coefficient (Wildman–Crippen LogP) is 8.87. The van der Waals surface area contributed by atoms with Gasteiger partial charge in [0.1, 0.15) is 0 Å². The zero-order chi connectivity index (χ0) is 29.7. The van der Waals surface area contributed by atoms with Gasteiger partial charge in [-0.15, -0.1) is 43.7 Å². The van der Waals surface area contributed by atoms with E-state index in [-0.39, 0.29) is 0 Å². The van der Waals surface area contributed by atoms with Crippen molar-refractivity contribution >= 4 is 98.0 Å². The van der Waals surface area contributed by atoms with Crippen molar-refractivity contribution in [1.29, 1.82) is 0 Å². The summed E-state index contributed by atoms with van der Waals surface area (Å²) in [7, 11) is 5.65. The Morgan fingerprint density at radius 3 is 1.50 bits per heavy atom. The highest BCUT2D eigenvalue weighted by molar-refractivity contribution is 7.80. The number of aromatic nitrogens is 4. The van der Waals surface area contributed by atoms with Gasteiger partial charge in [-0.2, -0.15) is 0 Å². The van der Waals surface area contributed by atoms with Gasteiger partial charge in [0.05, 0.1) is 22.8 Å². The molecule has 0 saturated heterocycles. The maximum Gasteiger partial charge on any atom is 0.0737 e. The van der Waals surface area contributed by atoms with E-state index in [1.807, 2.05) is 12.1 Å². The molecular formula is C36H24N4P2S2. The number of hydrogen-bond donors (Lipinski definition) is 4. The first-order valence-corrected chi connectivity index (χ1v) is 16.2. The molecule has 7 aromatic rings. The molecule has 2 aliphatic rings. The molecule has 210 valence electrons. The minimum absolute atomic E-state index is 0.891. The quantitative estimate of drug-likeness (QED) is 0.0991. The highest BCUT2D eigenvalue weighted by atomic mass is 32.1. The van der Waals surface area contributed by atoms with Crippen LogP contribution in [0.25, 0.3) is 88.6 Å². The highest BCUT2D eigenvalue weighted by Gasteiger charge is 2.20. The van der Waals surface area contributed by atoms with Crippen molar-refractivity contribution in [3.05, 3.63) is 97.1 Å². The molecule has 0 aliphatic carbocycles. The van der Waals surface area contributed by atoms with Crippen LogP contribution >= 0.6 is 43.7 Å². The van der Waals surface area contributed by atoms with Crippen molar-refractivity contribution in [2.45, 2.75) is 9.79 Å². The third-order valence-electron chi connectivity index (χ3n) is 8.50. The van der Waals surface area contributed by atoms with E-state index < -0.39 is 0 Å². The smallest absolute Gasteiger partial charge is 0.0737 e. The number of aromatic amines is 2. The van der Waals surface area contributed by atoms with Crippen LogP contribution in [0.3, 0.4) is 0 Å². The van der Waals surface area contributed by atoms with E-state index in [0.717, 1.165) is 109 Å². The monoisotopic (exact) mass is 638 g/mol. The molecule has 5 heterocycles. The number of nitrogens with one attached hydrogen (secondary N) is 2. The Morgan fingerprint density at radius 2 is 0.841 bits per heavy atom. The van der Waals surface area contributed by atoms with Gasteiger partial charge in [-0.3, -0.25) is 0 Å². The number of fused-ring (bicyclic) bond motifs is 20. The topological polar surface area (TPSA) is 57.4 Å². The number of H-pyrrole nitrogens is 2. The molecule has 0 saturated carbocycles. The fraction of sp³-hybridized carbons (Fsp3) is 0. The Bertz CT molecular complexity index is 2570. The number of nitrogens with zero attached hydrogens (tertiary/aromatic N) is 2. The predicted molar refractivity (Wildman–Crippen MR) is 198 cm³/mol. The SMILES string of the molecule is Pc1ccc2c(c1)-c1cc3[nH]c(cc4nc(cc5[nH]c(cc-2n1)c1ccc(P)cc51)-c1cc(S)ccc1-4)c1cc(S)ccc31. The lowest BCUT2D eigenvalue weighted by molar-refractivity contribution is 1.40. The van der Waals surface area contributed by atoms with Gasteiger partial charge in [0.25, 0.3) is 0 Å². The summed E-state index contributed by atoms with van der Waals surface area (Å²) >= 11 is 9.36. The molecule has 44 heavy (non-hydrogen) atoms. The summed E-state index contributed by atoms with van der Waals surface area (Å²) in [5.74, 6) is 0. The maximum atomic E-state index is 5.22. The third kappa shape index (κ3) is 4.17. The van der Waals surface area contributed by atoms with Gasteiger partial charge in [0.2, 0.25) is 0 Å². The molecule has 4 nitrogen and oxygen atoms in total. The summed E-state index contributed by atoms with van der Waals surface area (Å²) in [4.78, 5) is 19.7. The van der Waals surface area contributed by atoms with E-state index in [2.05, 4.69) is 139 Å². The summed E-state index contributed by atoms with van der Waals surface area (Å²) in [6.45, 7) is 0. The van der Waals surface area contributed by atoms with Crippen molar-refractivity contribution < 1.29 is 0 Å². The number of hydrogen-bond acceptors (Lipinski definition) is 4. The van der Waals surface area contributed by atoms with Crippen LogP contribution in [0.5, 0.6) is 0 Å². The molecule has 0 spiro atoms. The summed E-state index contributed by atoms with van der Waals surface area (Å²) in [5.41, 5.74) is 12.0.